The monoisotopic (exact) mass is 299 g/mol. The van der Waals surface area contributed by atoms with Gasteiger partial charge in [0.15, 0.2) is 0 Å². The standard InChI is InChI=1S/C12H20F3NO2S/c1-19-10-4-2-3-9(7-10)16-11(17)5-6-18-8-12(13,14)15/h9-10H,2-8H2,1H3,(H,16,17)/t9-,10-/m1/s1. The van der Waals surface area contributed by atoms with Crippen LogP contribution in [0.1, 0.15) is 32.1 Å². The van der Waals surface area contributed by atoms with Gasteiger partial charge in [-0.25, -0.2) is 0 Å². The van der Waals surface area contributed by atoms with Gasteiger partial charge in [0.25, 0.3) is 0 Å². The Morgan fingerprint density at radius 2 is 2.16 bits per heavy atom. The zero-order chi connectivity index (χ0) is 14.3. The molecule has 0 saturated heterocycles. The van der Waals surface area contributed by atoms with Gasteiger partial charge >= 0.3 is 6.18 Å². The molecular weight excluding hydrogens is 279 g/mol. The number of hydrogen-bond acceptors (Lipinski definition) is 3. The van der Waals surface area contributed by atoms with E-state index in [1.54, 1.807) is 11.8 Å². The lowest BCUT2D eigenvalue weighted by Crippen LogP contribution is -2.39. The number of alkyl halides is 3. The van der Waals surface area contributed by atoms with E-state index < -0.39 is 12.8 Å². The molecule has 112 valence electrons. The van der Waals surface area contributed by atoms with Crippen LogP contribution in [0.3, 0.4) is 0 Å². The van der Waals surface area contributed by atoms with Crippen LogP contribution in [0.25, 0.3) is 0 Å². The zero-order valence-electron chi connectivity index (χ0n) is 11.0. The van der Waals surface area contributed by atoms with Crippen LogP contribution in [-0.2, 0) is 9.53 Å². The molecule has 0 heterocycles. The second-order valence-corrected chi connectivity index (χ2v) is 5.84. The molecule has 1 saturated carbocycles. The first-order chi connectivity index (χ1) is 8.90. The molecule has 0 aliphatic heterocycles. The molecular formula is C12H20F3NO2S. The van der Waals surface area contributed by atoms with Crippen LogP contribution in [0.5, 0.6) is 0 Å². The van der Waals surface area contributed by atoms with E-state index in [4.69, 9.17) is 0 Å². The molecule has 0 spiro atoms. The Kier molecular flexibility index (Phi) is 6.99. The highest BCUT2D eigenvalue weighted by molar-refractivity contribution is 7.99. The third-order valence-electron chi connectivity index (χ3n) is 3.06. The number of ether oxygens (including phenoxy) is 1. The average Bonchev–Trinajstić information content (AvgIpc) is 2.34. The van der Waals surface area contributed by atoms with Gasteiger partial charge in [-0.15, -0.1) is 0 Å². The molecule has 0 unspecified atom stereocenters. The van der Waals surface area contributed by atoms with E-state index >= 15 is 0 Å². The van der Waals surface area contributed by atoms with Gasteiger partial charge in [0.05, 0.1) is 6.61 Å². The minimum atomic E-state index is -4.33. The fraction of sp³-hybridized carbons (Fsp3) is 0.917. The smallest absolute Gasteiger partial charge is 0.372 e. The Bertz CT molecular complexity index is 287. The van der Waals surface area contributed by atoms with E-state index in [1.807, 2.05) is 0 Å². The minimum Gasteiger partial charge on any atom is -0.372 e. The summed E-state index contributed by atoms with van der Waals surface area (Å²) in [6.07, 6.45) is 1.85. The maximum atomic E-state index is 11.8. The second-order valence-electron chi connectivity index (χ2n) is 4.71. The number of nitrogens with one attached hydrogen (secondary N) is 1. The topological polar surface area (TPSA) is 38.3 Å². The molecule has 1 rings (SSSR count). The van der Waals surface area contributed by atoms with Crippen molar-refractivity contribution < 1.29 is 22.7 Å². The van der Waals surface area contributed by atoms with Crippen molar-refractivity contribution in [2.24, 2.45) is 0 Å². The van der Waals surface area contributed by atoms with Crippen LogP contribution >= 0.6 is 11.8 Å². The van der Waals surface area contributed by atoms with Crippen LogP contribution < -0.4 is 5.32 Å². The number of thioether (sulfide) groups is 1. The van der Waals surface area contributed by atoms with E-state index in [0.717, 1.165) is 19.3 Å². The van der Waals surface area contributed by atoms with Crippen molar-refractivity contribution in [3.8, 4) is 0 Å². The van der Waals surface area contributed by atoms with Gasteiger partial charge < -0.3 is 10.1 Å². The first kappa shape index (κ1) is 16.6. The Morgan fingerprint density at radius 3 is 2.79 bits per heavy atom. The van der Waals surface area contributed by atoms with Crippen LogP contribution in [-0.4, -0.2) is 42.8 Å². The van der Waals surface area contributed by atoms with Crippen molar-refractivity contribution in [3.63, 3.8) is 0 Å². The van der Waals surface area contributed by atoms with Gasteiger partial charge in [0, 0.05) is 17.7 Å². The molecule has 0 radical (unpaired) electrons. The van der Waals surface area contributed by atoms with Crippen molar-refractivity contribution in [3.05, 3.63) is 0 Å². The maximum Gasteiger partial charge on any atom is 0.411 e. The molecule has 0 aromatic carbocycles. The van der Waals surface area contributed by atoms with Gasteiger partial charge in [-0.1, -0.05) is 6.42 Å². The van der Waals surface area contributed by atoms with Crippen molar-refractivity contribution in [1.29, 1.82) is 0 Å². The van der Waals surface area contributed by atoms with Crippen molar-refractivity contribution >= 4 is 17.7 Å². The van der Waals surface area contributed by atoms with Gasteiger partial charge in [-0.2, -0.15) is 24.9 Å². The fourth-order valence-electron chi connectivity index (χ4n) is 2.14. The third kappa shape index (κ3) is 7.67. The Morgan fingerprint density at radius 1 is 1.42 bits per heavy atom. The molecule has 1 fully saturated rings. The highest BCUT2D eigenvalue weighted by atomic mass is 32.2. The van der Waals surface area contributed by atoms with Crippen molar-refractivity contribution in [2.45, 2.75) is 49.6 Å². The predicted molar refractivity (Wildman–Crippen MR) is 69.2 cm³/mol. The Balaban J connectivity index is 2.13. The number of halogens is 3. The highest BCUT2D eigenvalue weighted by Crippen LogP contribution is 2.26. The molecule has 19 heavy (non-hydrogen) atoms. The molecule has 1 aliphatic rings. The van der Waals surface area contributed by atoms with Crippen LogP contribution in [0, 0.1) is 0 Å². The maximum absolute atomic E-state index is 11.8. The van der Waals surface area contributed by atoms with Gasteiger partial charge in [-0.3, -0.25) is 4.79 Å². The van der Waals surface area contributed by atoms with E-state index in [0.29, 0.717) is 5.25 Å². The van der Waals surface area contributed by atoms with Crippen molar-refractivity contribution in [1.82, 2.24) is 5.32 Å². The number of hydrogen-bond donors (Lipinski definition) is 1. The molecule has 3 nitrogen and oxygen atoms in total. The summed E-state index contributed by atoms with van der Waals surface area (Å²) >= 11 is 1.80. The van der Waals surface area contributed by atoms with Crippen LogP contribution in [0.15, 0.2) is 0 Å². The lowest BCUT2D eigenvalue weighted by atomic mass is 9.95. The Labute approximate surface area is 115 Å². The summed E-state index contributed by atoms with van der Waals surface area (Å²) in [4.78, 5) is 11.6. The van der Waals surface area contributed by atoms with Gasteiger partial charge in [0.2, 0.25) is 5.91 Å². The lowest BCUT2D eigenvalue weighted by Gasteiger charge is -2.28. The normalized spacial score (nSPS) is 24.2. The van der Waals surface area contributed by atoms with E-state index in [-0.39, 0.29) is 25.0 Å². The summed E-state index contributed by atoms with van der Waals surface area (Å²) in [5.74, 6) is -0.228. The lowest BCUT2D eigenvalue weighted by molar-refractivity contribution is -0.174. The van der Waals surface area contributed by atoms with Gasteiger partial charge in [0.1, 0.15) is 6.61 Å². The molecule has 7 heteroatoms. The number of amides is 1. The van der Waals surface area contributed by atoms with E-state index in [2.05, 4.69) is 16.3 Å². The minimum absolute atomic E-state index is 0.0173. The molecule has 1 N–H and O–H groups in total. The first-order valence-electron chi connectivity index (χ1n) is 6.37. The molecule has 0 aromatic heterocycles. The van der Waals surface area contributed by atoms with Crippen molar-refractivity contribution in [2.75, 3.05) is 19.5 Å². The zero-order valence-corrected chi connectivity index (χ0v) is 11.8. The molecule has 0 bridgehead atoms. The van der Waals surface area contributed by atoms with Gasteiger partial charge in [-0.05, 0) is 25.5 Å². The van der Waals surface area contributed by atoms with Crippen LogP contribution in [0.2, 0.25) is 0 Å². The molecule has 1 amide bonds. The summed E-state index contributed by atoms with van der Waals surface area (Å²) in [6.45, 7) is -1.48. The highest BCUT2D eigenvalue weighted by Gasteiger charge is 2.27. The van der Waals surface area contributed by atoms with Crippen LogP contribution in [0.4, 0.5) is 13.2 Å². The summed E-state index contributed by atoms with van der Waals surface area (Å²) in [6, 6.07) is 0.154. The number of carbonyl (C=O) groups is 1. The summed E-state index contributed by atoms with van der Waals surface area (Å²) in [5, 5.41) is 3.44. The quantitative estimate of drug-likeness (QED) is 0.766. The molecule has 2 atom stereocenters. The summed E-state index contributed by atoms with van der Waals surface area (Å²) in [7, 11) is 0. The summed E-state index contributed by atoms with van der Waals surface area (Å²) in [5.41, 5.74) is 0. The summed E-state index contributed by atoms with van der Waals surface area (Å²) < 4.78 is 39.8. The van der Waals surface area contributed by atoms with E-state index in [1.165, 1.54) is 6.42 Å². The number of carbonyl (C=O) groups excluding carboxylic acids is 1. The second kappa shape index (κ2) is 7.99. The third-order valence-corrected chi connectivity index (χ3v) is 4.16. The van der Waals surface area contributed by atoms with E-state index in [9.17, 15) is 18.0 Å². The molecule has 1 aliphatic carbocycles. The first-order valence-corrected chi connectivity index (χ1v) is 7.66. The largest absolute Gasteiger partial charge is 0.411 e. The SMILES string of the molecule is CS[C@@H]1CCC[C@@H](NC(=O)CCOCC(F)(F)F)C1. The molecule has 0 aromatic rings. The predicted octanol–water partition coefficient (Wildman–Crippen LogP) is 2.75. The average molecular weight is 299 g/mol. The Hall–Kier alpha value is -0.430. The fourth-order valence-corrected chi connectivity index (χ4v) is 2.97. The number of rotatable bonds is 6.